The lowest BCUT2D eigenvalue weighted by Crippen LogP contribution is -2.18. The van der Waals surface area contributed by atoms with Gasteiger partial charge in [-0.3, -0.25) is 0 Å². The van der Waals surface area contributed by atoms with E-state index in [1.54, 1.807) is 0 Å². The fourth-order valence-corrected chi connectivity index (χ4v) is 2.67. The first-order valence-electron chi connectivity index (χ1n) is 4.59. The summed E-state index contributed by atoms with van der Waals surface area (Å²) in [5.41, 5.74) is 0. The lowest BCUT2D eigenvalue weighted by atomic mass is 9.86. The summed E-state index contributed by atoms with van der Waals surface area (Å²) < 4.78 is 0. The summed E-state index contributed by atoms with van der Waals surface area (Å²) in [5.74, 6) is 0.918. The van der Waals surface area contributed by atoms with E-state index in [0.717, 1.165) is 10.7 Å². The van der Waals surface area contributed by atoms with Crippen molar-refractivity contribution < 1.29 is 0 Å². The lowest BCUT2D eigenvalue weighted by Gasteiger charge is -2.26. The van der Waals surface area contributed by atoms with Crippen molar-refractivity contribution in [3.05, 3.63) is 12.7 Å². The van der Waals surface area contributed by atoms with Gasteiger partial charge < -0.3 is 0 Å². The number of alkyl halides is 1. The van der Waals surface area contributed by atoms with Crippen LogP contribution in [0.4, 0.5) is 0 Å². The van der Waals surface area contributed by atoms with Gasteiger partial charge >= 0.3 is 0 Å². The van der Waals surface area contributed by atoms with E-state index in [1.807, 2.05) is 6.08 Å². The van der Waals surface area contributed by atoms with Crippen LogP contribution >= 0.6 is 15.9 Å². The second-order valence-corrected chi connectivity index (χ2v) is 4.60. The Morgan fingerprint density at radius 1 is 1.36 bits per heavy atom. The Morgan fingerprint density at radius 3 is 2.73 bits per heavy atom. The van der Waals surface area contributed by atoms with Crippen molar-refractivity contribution in [2.24, 2.45) is 5.92 Å². The first-order chi connectivity index (χ1) is 5.34. The molecular formula is C10H17Br. The molecule has 1 aliphatic carbocycles. The molecule has 64 valence electrons. The summed E-state index contributed by atoms with van der Waals surface area (Å²) >= 11 is 3.75. The minimum Gasteiger partial charge on any atom is -0.103 e. The van der Waals surface area contributed by atoms with Crippen LogP contribution in [0.25, 0.3) is 0 Å². The van der Waals surface area contributed by atoms with Gasteiger partial charge in [0.2, 0.25) is 0 Å². The van der Waals surface area contributed by atoms with Crippen LogP contribution in [0, 0.1) is 5.92 Å². The van der Waals surface area contributed by atoms with Gasteiger partial charge in [0.05, 0.1) is 0 Å². The van der Waals surface area contributed by atoms with Gasteiger partial charge in [-0.1, -0.05) is 34.8 Å². The minimum atomic E-state index is 0.788. The van der Waals surface area contributed by atoms with Crippen molar-refractivity contribution in [2.45, 2.75) is 43.4 Å². The molecule has 11 heavy (non-hydrogen) atoms. The Bertz CT molecular complexity index is 120. The van der Waals surface area contributed by atoms with Gasteiger partial charge in [0, 0.05) is 4.83 Å². The van der Waals surface area contributed by atoms with Crippen LogP contribution in [0.1, 0.15) is 38.5 Å². The standard InChI is InChI=1S/C10H17Br/c1-2-3-6-9-7-4-5-8-10(9)11/h2,9-10H,1,3-8H2. The number of halogens is 1. The third-order valence-electron chi connectivity index (χ3n) is 2.56. The highest BCUT2D eigenvalue weighted by Gasteiger charge is 2.21. The van der Waals surface area contributed by atoms with Crippen LogP contribution in [-0.2, 0) is 0 Å². The zero-order valence-corrected chi connectivity index (χ0v) is 8.65. The summed E-state index contributed by atoms with van der Waals surface area (Å²) in [6, 6.07) is 0. The van der Waals surface area contributed by atoms with E-state index in [9.17, 15) is 0 Å². The largest absolute Gasteiger partial charge is 0.103 e. The molecule has 0 aliphatic heterocycles. The topological polar surface area (TPSA) is 0 Å². The summed E-state index contributed by atoms with van der Waals surface area (Å²) in [6.45, 7) is 3.75. The average molecular weight is 217 g/mol. The molecule has 0 N–H and O–H groups in total. The van der Waals surface area contributed by atoms with Gasteiger partial charge in [0.15, 0.2) is 0 Å². The normalized spacial score (nSPS) is 31.7. The number of allylic oxidation sites excluding steroid dienone is 1. The molecule has 0 heterocycles. The fraction of sp³-hybridized carbons (Fsp3) is 0.800. The van der Waals surface area contributed by atoms with Crippen LogP contribution in [-0.4, -0.2) is 4.83 Å². The molecule has 1 fully saturated rings. The summed E-state index contributed by atoms with van der Waals surface area (Å²) in [4.78, 5) is 0.788. The molecule has 2 unspecified atom stereocenters. The van der Waals surface area contributed by atoms with E-state index in [2.05, 4.69) is 22.5 Å². The van der Waals surface area contributed by atoms with Crippen molar-refractivity contribution in [2.75, 3.05) is 0 Å². The van der Waals surface area contributed by atoms with Gasteiger partial charge in [-0.15, -0.1) is 6.58 Å². The predicted octanol–water partition coefficient (Wildman–Crippen LogP) is 3.91. The fourth-order valence-electron chi connectivity index (χ4n) is 1.82. The molecule has 0 aromatic carbocycles. The smallest absolute Gasteiger partial charge is 0.0174 e. The van der Waals surface area contributed by atoms with Crippen LogP contribution in [0.5, 0.6) is 0 Å². The Hall–Kier alpha value is 0.220. The molecule has 2 atom stereocenters. The van der Waals surface area contributed by atoms with Crippen molar-refractivity contribution in [1.29, 1.82) is 0 Å². The van der Waals surface area contributed by atoms with E-state index in [1.165, 1.54) is 38.5 Å². The minimum absolute atomic E-state index is 0.788. The van der Waals surface area contributed by atoms with Gasteiger partial charge in [-0.2, -0.15) is 0 Å². The SMILES string of the molecule is C=CCCC1CCCCC1Br. The molecule has 0 nitrogen and oxygen atoms in total. The molecule has 1 saturated carbocycles. The lowest BCUT2D eigenvalue weighted by molar-refractivity contribution is 0.357. The van der Waals surface area contributed by atoms with Crippen LogP contribution in [0.3, 0.4) is 0 Å². The summed E-state index contributed by atoms with van der Waals surface area (Å²) in [5, 5.41) is 0. The van der Waals surface area contributed by atoms with Crippen molar-refractivity contribution in [1.82, 2.24) is 0 Å². The van der Waals surface area contributed by atoms with Gasteiger partial charge in [-0.25, -0.2) is 0 Å². The van der Waals surface area contributed by atoms with E-state index in [-0.39, 0.29) is 0 Å². The van der Waals surface area contributed by atoms with Gasteiger partial charge in [0.1, 0.15) is 0 Å². The molecule has 1 heteroatoms. The second kappa shape index (κ2) is 4.97. The predicted molar refractivity (Wildman–Crippen MR) is 54.1 cm³/mol. The zero-order valence-electron chi connectivity index (χ0n) is 7.06. The zero-order chi connectivity index (χ0) is 8.10. The Kier molecular flexibility index (Phi) is 4.21. The van der Waals surface area contributed by atoms with Gasteiger partial charge in [0.25, 0.3) is 0 Å². The number of hydrogen-bond acceptors (Lipinski definition) is 0. The summed E-state index contributed by atoms with van der Waals surface area (Å²) in [6.07, 6.45) is 10.2. The van der Waals surface area contributed by atoms with Crippen molar-refractivity contribution >= 4 is 15.9 Å². The first kappa shape index (κ1) is 9.31. The first-order valence-corrected chi connectivity index (χ1v) is 5.51. The molecule has 1 rings (SSSR count). The maximum Gasteiger partial charge on any atom is 0.0174 e. The van der Waals surface area contributed by atoms with Crippen LogP contribution in [0.15, 0.2) is 12.7 Å². The third kappa shape index (κ3) is 2.98. The maximum atomic E-state index is 3.75. The highest BCUT2D eigenvalue weighted by atomic mass is 79.9. The quantitative estimate of drug-likeness (QED) is 0.496. The highest BCUT2D eigenvalue weighted by molar-refractivity contribution is 9.09. The van der Waals surface area contributed by atoms with Crippen LogP contribution < -0.4 is 0 Å². The van der Waals surface area contributed by atoms with Crippen molar-refractivity contribution in [3.8, 4) is 0 Å². The molecular weight excluding hydrogens is 200 g/mol. The molecule has 1 aliphatic rings. The van der Waals surface area contributed by atoms with E-state index in [0.29, 0.717) is 0 Å². The Balaban J connectivity index is 2.23. The molecule has 0 saturated heterocycles. The monoisotopic (exact) mass is 216 g/mol. The van der Waals surface area contributed by atoms with E-state index in [4.69, 9.17) is 0 Å². The van der Waals surface area contributed by atoms with E-state index < -0.39 is 0 Å². The molecule has 0 amide bonds. The molecule has 0 spiro atoms. The van der Waals surface area contributed by atoms with Gasteiger partial charge in [-0.05, 0) is 31.6 Å². The highest BCUT2D eigenvalue weighted by Crippen LogP contribution is 2.32. The Labute approximate surface area is 78.2 Å². The average Bonchev–Trinajstić information content (AvgIpc) is 2.03. The summed E-state index contributed by atoms with van der Waals surface area (Å²) in [7, 11) is 0. The Morgan fingerprint density at radius 2 is 2.09 bits per heavy atom. The molecule has 0 bridgehead atoms. The van der Waals surface area contributed by atoms with Crippen LogP contribution in [0.2, 0.25) is 0 Å². The molecule has 0 aromatic heterocycles. The third-order valence-corrected chi connectivity index (χ3v) is 3.76. The van der Waals surface area contributed by atoms with Crippen molar-refractivity contribution in [3.63, 3.8) is 0 Å². The number of hydrogen-bond donors (Lipinski definition) is 0. The second-order valence-electron chi connectivity index (χ2n) is 3.43. The number of rotatable bonds is 3. The molecule has 0 aromatic rings. The maximum absolute atomic E-state index is 3.75. The van der Waals surface area contributed by atoms with E-state index >= 15 is 0 Å². The molecule has 0 radical (unpaired) electrons.